The maximum Gasteiger partial charge on any atom is 0.511 e. The van der Waals surface area contributed by atoms with E-state index in [0.29, 0.717) is 6.42 Å². The monoisotopic (exact) mass is 307 g/mol. The SMILES string of the molecule is CCOC(=O)OCON=[N+]([O-])N(C)[C@H](C(=O)O)[C@H](C)CC. The third kappa shape index (κ3) is 6.63. The molecule has 2 atom stereocenters. The van der Waals surface area contributed by atoms with Crippen LogP contribution in [-0.2, 0) is 19.1 Å². The number of ether oxygens (including phenoxy) is 2. The summed E-state index contributed by atoms with van der Waals surface area (Å²) >= 11 is 0. The van der Waals surface area contributed by atoms with Gasteiger partial charge in [0.2, 0.25) is 5.28 Å². The van der Waals surface area contributed by atoms with Gasteiger partial charge < -0.3 is 24.6 Å². The van der Waals surface area contributed by atoms with Gasteiger partial charge in [-0.1, -0.05) is 20.3 Å². The van der Waals surface area contributed by atoms with Gasteiger partial charge in [0.15, 0.2) is 6.04 Å². The Kier molecular flexibility index (Phi) is 8.58. The Labute approximate surface area is 122 Å². The lowest BCUT2D eigenvalue weighted by Crippen LogP contribution is -2.46. The number of hydrazine groups is 1. The lowest BCUT2D eigenvalue weighted by atomic mass is 9.99. The summed E-state index contributed by atoms with van der Waals surface area (Å²) < 4.78 is 8.86. The Bertz CT molecular complexity index is 375. The second kappa shape index (κ2) is 9.61. The quantitative estimate of drug-likeness (QED) is 0.169. The Morgan fingerprint density at radius 1 is 1.38 bits per heavy atom. The molecule has 0 aliphatic carbocycles. The second-order valence-corrected chi connectivity index (χ2v) is 4.15. The maximum absolute atomic E-state index is 11.6. The number of hydrogen-bond donors (Lipinski definition) is 1. The van der Waals surface area contributed by atoms with Crippen molar-refractivity contribution < 1.29 is 34.0 Å². The van der Waals surface area contributed by atoms with Crippen LogP contribution in [0.4, 0.5) is 4.79 Å². The Morgan fingerprint density at radius 3 is 2.48 bits per heavy atom. The summed E-state index contributed by atoms with van der Waals surface area (Å²) in [6.07, 6.45) is -0.386. The van der Waals surface area contributed by atoms with Crippen molar-refractivity contribution in [1.82, 2.24) is 5.01 Å². The molecule has 0 aromatic carbocycles. The van der Waals surface area contributed by atoms with Crippen molar-refractivity contribution in [2.24, 2.45) is 11.2 Å². The lowest BCUT2D eigenvalue weighted by Gasteiger charge is -2.24. The number of hydrogen-bond acceptors (Lipinski definition) is 7. The van der Waals surface area contributed by atoms with Crippen LogP contribution >= 0.6 is 0 Å². The van der Waals surface area contributed by atoms with Gasteiger partial charge in [-0.05, 0) is 12.8 Å². The third-order valence-electron chi connectivity index (χ3n) is 2.73. The van der Waals surface area contributed by atoms with Crippen LogP contribution in [0, 0.1) is 11.1 Å². The van der Waals surface area contributed by atoms with E-state index in [2.05, 4.69) is 19.6 Å². The molecule has 21 heavy (non-hydrogen) atoms. The summed E-state index contributed by atoms with van der Waals surface area (Å²) in [5.41, 5.74) is 0. The van der Waals surface area contributed by atoms with Crippen LogP contribution in [0.25, 0.3) is 0 Å². The zero-order chi connectivity index (χ0) is 16.4. The maximum atomic E-state index is 11.6. The average Bonchev–Trinajstić information content (AvgIpc) is 2.43. The van der Waals surface area contributed by atoms with Crippen molar-refractivity contribution in [2.75, 3.05) is 20.4 Å². The summed E-state index contributed by atoms with van der Waals surface area (Å²) in [6.45, 7) is 4.63. The zero-order valence-corrected chi connectivity index (χ0v) is 12.5. The number of carboxylic acid groups (broad SMARTS) is 1. The molecule has 10 heteroatoms. The Hall–Kier alpha value is -2.26. The number of carboxylic acids is 1. The highest BCUT2D eigenvalue weighted by atomic mass is 16.8. The molecule has 0 saturated heterocycles. The first-order valence-electron chi connectivity index (χ1n) is 6.40. The molecule has 0 radical (unpaired) electrons. The molecule has 0 aromatic heterocycles. The van der Waals surface area contributed by atoms with E-state index in [-0.39, 0.29) is 17.5 Å². The fourth-order valence-electron chi connectivity index (χ4n) is 1.47. The van der Waals surface area contributed by atoms with Crippen molar-refractivity contribution in [3.05, 3.63) is 5.21 Å². The molecule has 0 aliphatic rings. The molecule has 0 amide bonds. The summed E-state index contributed by atoms with van der Waals surface area (Å²) in [5, 5.41) is 24.7. The molecule has 10 nitrogen and oxygen atoms in total. The van der Waals surface area contributed by atoms with E-state index in [1.165, 1.54) is 7.05 Å². The molecule has 1 N–H and O–H groups in total. The largest absolute Gasteiger partial charge is 0.569 e. The number of carbonyl (C=O) groups excluding carboxylic acids is 1. The van der Waals surface area contributed by atoms with Crippen LogP contribution in [0.2, 0.25) is 0 Å². The van der Waals surface area contributed by atoms with E-state index in [1.807, 2.05) is 6.92 Å². The van der Waals surface area contributed by atoms with E-state index in [0.717, 1.165) is 5.01 Å². The predicted molar refractivity (Wildman–Crippen MR) is 68.8 cm³/mol. The van der Waals surface area contributed by atoms with Crippen LogP contribution in [-0.4, -0.2) is 53.7 Å². The standard InChI is InChI=1S/C11H21N3O7/c1-5-8(3)9(10(15)16)13(4)14(18)12-21-7-20-11(17)19-6-2/h8-9H,5-7H2,1-4H3,(H,15,16)/t8-,9+/m1/s1. The van der Waals surface area contributed by atoms with Crippen molar-refractivity contribution in [1.29, 1.82) is 0 Å². The molecule has 0 heterocycles. The summed E-state index contributed by atoms with van der Waals surface area (Å²) in [5.74, 6) is -1.42. The minimum Gasteiger partial charge on any atom is -0.569 e. The predicted octanol–water partition coefficient (Wildman–Crippen LogP) is 1.36. The summed E-state index contributed by atoms with van der Waals surface area (Å²) in [7, 11) is 1.27. The highest BCUT2D eigenvalue weighted by Gasteiger charge is 2.33. The van der Waals surface area contributed by atoms with Crippen molar-refractivity contribution in [2.45, 2.75) is 33.2 Å². The number of likely N-dealkylation sites (N-methyl/N-ethyl adjacent to an activating group) is 1. The minimum absolute atomic E-state index is 0.0144. The number of nitrogens with zero attached hydrogens (tertiary/aromatic N) is 3. The Balaban J connectivity index is 4.46. The van der Waals surface area contributed by atoms with Gasteiger partial charge in [0.25, 0.3) is 6.79 Å². The van der Waals surface area contributed by atoms with Gasteiger partial charge in [0.05, 0.1) is 18.6 Å². The molecule has 122 valence electrons. The van der Waals surface area contributed by atoms with Gasteiger partial charge >= 0.3 is 12.1 Å². The van der Waals surface area contributed by atoms with E-state index < -0.39 is 25.0 Å². The van der Waals surface area contributed by atoms with Crippen molar-refractivity contribution >= 4 is 12.1 Å². The first-order chi connectivity index (χ1) is 9.84. The average molecular weight is 307 g/mol. The second-order valence-electron chi connectivity index (χ2n) is 4.15. The molecule has 0 unspecified atom stereocenters. The molecule has 0 bridgehead atoms. The fourth-order valence-corrected chi connectivity index (χ4v) is 1.47. The van der Waals surface area contributed by atoms with E-state index in [4.69, 9.17) is 5.11 Å². The fraction of sp³-hybridized carbons (Fsp3) is 0.818. The van der Waals surface area contributed by atoms with E-state index >= 15 is 0 Å². The number of carbonyl (C=O) groups is 2. The normalized spacial score (nSPS) is 14.0. The highest BCUT2D eigenvalue weighted by Crippen LogP contribution is 2.14. The molecule has 0 fully saturated rings. The first kappa shape index (κ1) is 18.7. The smallest absolute Gasteiger partial charge is 0.511 e. The Morgan fingerprint density at radius 2 is 2.00 bits per heavy atom. The molecular formula is C11H21N3O7. The van der Waals surface area contributed by atoms with E-state index in [9.17, 15) is 14.8 Å². The van der Waals surface area contributed by atoms with Crippen LogP contribution < -0.4 is 0 Å². The summed E-state index contributed by atoms with van der Waals surface area (Å²) in [4.78, 5) is 26.4. The van der Waals surface area contributed by atoms with Gasteiger partial charge in [-0.3, -0.25) is 0 Å². The molecular weight excluding hydrogens is 286 g/mol. The van der Waals surface area contributed by atoms with Gasteiger partial charge in [-0.25, -0.2) is 9.59 Å². The van der Waals surface area contributed by atoms with Gasteiger partial charge in [-0.15, -0.1) is 5.01 Å². The van der Waals surface area contributed by atoms with E-state index in [1.54, 1.807) is 13.8 Å². The van der Waals surface area contributed by atoms with Gasteiger partial charge in [0.1, 0.15) is 0 Å². The lowest BCUT2D eigenvalue weighted by molar-refractivity contribution is -0.712. The van der Waals surface area contributed by atoms with Crippen molar-refractivity contribution in [3.8, 4) is 0 Å². The molecule has 0 aliphatic heterocycles. The van der Waals surface area contributed by atoms with Crippen LogP contribution in [0.5, 0.6) is 0 Å². The van der Waals surface area contributed by atoms with Gasteiger partial charge in [0, 0.05) is 0 Å². The van der Waals surface area contributed by atoms with Crippen LogP contribution in [0.3, 0.4) is 0 Å². The highest BCUT2D eigenvalue weighted by molar-refractivity contribution is 5.73. The molecule has 0 spiro atoms. The van der Waals surface area contributed by atoms with Crippen LogP contribution in [0.15, 0.2) is 5.28 Å². The zero-order valence-electron chi connectivity index (χ0n) is 12.5. The summed E-state index contributed by atoms with van der Waals surface area (Å²) in [6, 6.07) is -1.05. The molecule has 0 rings (SSSR count). The molecule has 0 aromatic rings. The van der Waals surface area contributed by atoms with Crippen LogP contribution in [0.1, 0.15) is 27.2 Å². The minimum atomic E-state index is -1.15. The van der Waals surface area contributed by atoms with Crippen molar-refractivity contribution in [3.63, 3.8) is 0 Å². The molecule has 0 saturated carbocycles. The number of rotatable bonds is 9. The van der Waals surface area contributed by atoms with Gasteiger partial charge in [-0.2, -0.15) is 0 Å². The topological polar surface area (TPSA) is 124 Å². The third-order valence-corrected chi connectivity index (χ3v) is 2.73. The first-order valence-corrected chi connectivity index (χ1v) is 6.40. The number of aliphatic carboxylic acids is 1.